The second-order valence-electron chi connectivity index (χ2n) is 4.62. The Morgan fingerprint density at radius 3 is 2.58 bits per heavy atom. The number of aromatic nitrogens is 4. The summed E-state index contributed by atoms with van der Waals surface area (Å²) in [6, 6.07) is 7.58. The number of hydrogen-bond donors (Lipinski definition) is 3. The lowest BCUT2D eigenvalue weighted by molar-refractivity contribution is 0.102. The molecule has 0 unspecified atom stereocenters. The molecule has 0 aliphatic carbocycles. The third kappa shape index (κ3) is 4.03. The highest BCUT2D eigenvalue weighted by Crippen LogP contribution is 2.26. The van der Waals surface area contributed by atoms with Crippen LogP contribution in [0.2, 0.25) is 0 Å². The Kier molecular flexibility index (Phi) is 5.78. The molecule has 0 radical (unpaired) electrons. The minimum absolute atomic E-state index is 0. The number of hydrogen-bond acceptors (Lipinski definition) is 7. The number of phenolic OH excluding ortho intramolecular Hbond substituents is 2. The number of phenols is 2. The summed E-state index contributed by atoms with van der Waals surface area (Å²) in [7, 11) is 0. The summed E-state index contributed by atoms with van der Waals surface area (Å²) in [5.74, 6) is -0.0493. The van der Waals surface area contributed by atoms with Gasteiger partial charge in [-0.15, -0.1) is 17.5 Å². The molecule has 0 spiro atoms. The topological polar surface area (TPSA) is 112 Å². The van der Waals surface area contributed by atoms with Crippen molar-refractivity contribution in [3.63, 3.8) is 0 Å². The largest absolute Gasteiger partial charge is 0.504 e. The number of benzene rings is 1. The van der Waals surface area contributed by atoms with Crippen LogP contribution in [0.25, 0.3) is 11.4 Å². The van der Waals surface area contributed by atoms with E-state index in [1.165, 1.54) is 30.0 Å². The standard InChI is InChI=1S/C15H12N4O3S.ClH/c20-11-2-1-10(7-12(11)21)13(22)8-23-15-17-14(18-19-15)9-3-5-16-6-4-9;/h1-7,20-21H,8H2,(H,17,18,19);1H. The molecule has 3 aromatic rings. The van der Waals surface area contributed by atoms with Gasteiger partial charge in [0, 0.05) is 23.5 Å². The van der Waals surface area contributed by atoms with Crippen LogP contribution in [0.5, 0.6) is 11.5 Å². The van der Waals surface area contributed by atoms with E-state index in [-0.39, 0.29) is 35.4 Å². The summed E-state index contributed by atoms with van der Waals surface area (Å²) < 4.78 is 0. The fourth-order valence-electron chi connectivity index (χ4n) is 1.86. The van der Waals surface area contributed by atoms with Gasteiger partial charge in [-0.2, -0.15) is 0 Å². The normalized spacial score (nSPS) is 10.2. The van der Waals surface area contributed by atoms with Gasteiger partial charge in [0.05, 0.1) is 5.75 Å². The number of H-pyrrole nitrogens is 1. The van der Waals surface area contributed by atoms with Crippen molar-refractivity contribution in [1.29, 1.82) is 0 Å². The highest BCUT2D eigenvalue weighted by Gasteiger charge is 2.12. The Morgan fingerprint density at radius 1 is 1.12 bits per heavy atom. The zero-order chi connectivity index (χ0) is 16.2. The van der Waals surface area contributed by atoms with Crippen LogP contribution in [0.1, 0.15) is 10.4 Å². The number of aromatic hydroxyl groups is 2. The van der Waals surface area contributed by atoms with E-state index in [0.717, 1.165) is 5.56 Å². The molecule has 9 heteroatoms. The number of aromatic amines is 1. The maximum absolute atomic E-state index is 12.1. The van der Waals surface area contributed by atoms with Crippen molar-refractivity contribution in [2.45, 2.75) is 5.16 Å². The molecule has 0 atom stereocenters. The molecule has 2 heterocycles. The minimum Gasteiger partial charge on any atom is -0.504 e. The quantitative estimate of drug-likeness (QED) is 0.362. The fraction of sp³-hybridized carbons (Fsp3) is 0.0667. The highest BCUT2D eigenvalue weighted by molar-refractivity contribution is 7.99. The van der Waals surface area contributed by atoms with Crippen LogP contribution in [0.15, 0.2) is 47.9 Å². The Balaban J connectivity index is 0.00000208. The first-order chi connectivity index (χ1) is 11.1. The van der Waals surface area contributed by atoms with E-state index in [2.05, 4.69) is 20.2 Å². The molecule has 0 saturated carbocycles. The molecule has 2 aromatic heterocycles. The average Bonchev–Trinajstić information content (AvgIpc) is 3.05. The maximum atomic E-state index is 12.1. The first-order valence-electron chi connectivity index (χ1n) is 6.64. The molecule has 0 saturated heterocycles. The first kappa shape index (κ1) is 17.8. The molecule has 0 aliphatic heterocycles. The molecule has 7 nitrogen and oxygen atoms in total. The predicted octanol–water partition coefficient (Wildman–Crippen LogP) is 2.67. The first-order valence-corrected chi connectivity index (χ1v) is 7.63. The Morgan fingerprint density at radius 2 is 1.88 bits per heavy atom. The van der Waals surface area contributed by atoms with Crippen LogP contribution >= 0.6 is 24.2 Å². The summed E-state index contributed by atoms with van der Waals surface area (Å²) in [4.78, 5) is 20.3. The number of Topliss-reactive ketones (excluding diaryl/α,β-unsaturated/α-hetero) is 1. The number of rotatable bonds is 5. The van der Waals surface area contributed by atoms with Crippen molar-refractivity contribution in [3.05, 3.63) is 48.3 Å². The smallest absolute Gasteiger partial charge is 0.209 e. The zero-order valence-corrected chi connectivity index (χ0v) is 13.8. The van der Waals surface area contributed by atoms with Gasteiger partial charge in [-0.25, -0.2) is 4.98 Å². The number of halogens is 1. The lowest BCUT2D eigenvalue weighted by Crippen LogP contribution is -2.02. The number of nitrogens with one attached hydrogen (secondary N) is 1. The van der Waals surface area contributed by atoms with Gasteiger partial charge >= 0.3 is 0 Å². The zero-order valence-electron chi connectivity index (χ0n) is 12.2. The Labute approximate surface area is 147 Å². The molecule has 24 heavy (non-hydrogen) atoms. The number of carbonyl (C=O) groups is 1. The van der Waals surface area contributed by atoms with Gasteiger partial charge in [0.15, 0.2) is 23.1 Å². The van der Waals surface area contributed by atoms with Crippen LogP contribution in [-0.4, -0.2) is 41.9 Å². The number of ketones is 1. The second-order valence-corrected chi connectivity index (χ2v) is 5.56. The summed E-state index contributed by atoms with van der Waals surface area (Å²) in [5, 5.41) is 26.0. The van der Waals surface area contributed by atoms with E-state index in [1.807, 2.05) is 0 Å². The summed E-state index contributed by atoms with van der Waals surface area (Å²) in [6.45, 7) is 0. The van der Waals surface area contributed by atoms with Gasteiger partial charge in [-0.1, -0.05) is 11.8 Å². The Bertz CT molecular complexity index is 842. The van der Waals surface area contributed by atoms with Crippen molar-refractivity contribution < 1.29 is 15.0 Å². The van der Waals surface area contributed by atoms with Gasteiger partial charge in [0.1, 0.15) is 0 Å². The molecule has 0 aliphatic rings. The molecule has 0 fully saturated rings. The lowest BCUT2D eigenvalue weighted by atomic mass is 10.1. The summed E-state index contributed by atoms with van der Waals surface area (Å²) in [5.41, 5.74) is 1.17. The maximum Gasteiger partial charge on any atom is 0.209 e. The van der Waals surface area contributed by atoms with E-state index in [4.69, 9.17) is 0 Å². The van der Waals surface area contributed by atoms with Crippen molar-refractivity contribution in [1.82, 2.24) is 20.2 Å². The van der Waals surface area contributed by atoms with Crippen LogP contribution in [0.4, 0.5) is 0 Å². The van der Waals surface area contributed by atoms with E-state index in [0.29, 0.717) is 16.5 Å². The summed E-state index contributed by atoms with van der Waals surface area (Å²) in [6.07, 6.45) is 3.32. The monoisotopic (exact) mass is 364 g/mol. The minimum atomic E-state index is -0.321. The molecular formula is C15H13ClN4O3S. The number of thioether (sulfide) groups is 1. The number of pyridine rings is 1. The van der Waals surface area contributed by atoms with E-state index in [1.54, 1.807) is 24.5 Å². The fourth-order valence-corrected chi connectivity index (χ4v) is 2.55. The summed E-state index contributed by atoms with van der Waals surface area (Å²) >= 11 is 1.19. The lowest BCUT2D eigenvalue weighted by Gasteiger charge is -2.01. The van der Waals surface area contributed by atoms with Gasteiger partial charge in [0.2, 0.25) is 5.16 Å². The second kappa shape index (κ2) is 7.80. The Hall–Kier alpha value is -2.58. The van der Waals surface area contributed by atoms with Gasteiger partial charge in [-0.3, -0.25) is 14.9 Å². The molecular weight excluding hydrogens is 352 g/mol. The molecule has 3 rings (SSSR count). The van der Waals surface area contributed by atoms with Crippen LogP contribution in [0.3, 0.4) is 0 Å². The molecule has 3 N–H and O–H groups in total. The van der Waals surface area contributed by atoms with E-state index >= 15 is 0 Å². The third-order valence-corrected chi connectivity index (χ3v) is 3.90. The van der Waals surface area contributed by atoms with Crippen LogP contribution in [-0.2, 0) is 0 Å². The number of carbonyl (C=O) groups excluding carboxylic acids is 1. The van der Waals surface area contributed by atoms with Gasteiger partial charge < -0.3 is 10.2 Å². The molecule has 0 bridgehead atoms. The van der Waals surface area contributed by atoms with Gasteiger partial charge in [-0.05, 0) is 30.3 Å². The van der Waals surface area contributed by atoms with Gasteiger partial charge in [0.25, 0.3) is 0 Å². The van der Waals surface area contributed by atoms with Crippen LogP contribution < -0.4 is 0 Å². The predicted molar refractivity (Wildman–Crippen MR) is 91.7 cm³/mol. The molecule has 124 valence electrons. The van der Waals surface area contributed by atoms with Crippen molar-refractivity contribution >= 4 is 30.0 Å². The average molecular weight is 365 g/mol. The molecule has 1 aromatic carbocycles. The van der Waals surface area contributed by atoms with Crippen molar-refractivity contribution in [3.8, 4) is 22.9 Å². The number of nitrogens with zero attached hydrogens (tertiary/aromatic N) is 3. The van der Waals surface area contributed by atoms with Crippen molar-refractivity contribution in [2.24, 2.45) is 0 Å². The van der Waals surface area contributed by atoms with Crippen molar-refractivity contribution in [2.75, 3.05) is 5.75 Å². The van der Waals surface area contributed by atoms with E-state index in [9.17, 15) is 15.0 Å². The molecule has 0 amide bonds. The SMILES string of the molecule is Cl.O=C(CSc1n[nH]c(-c2ccncc2)n1)c1ccc(O)c(O)c1. The third-order valence-electron chi connectivity index (χ3n) is 3.05. The highest BCUT2D eigenvalue weighted by atomic mass is 35.5. The van der Waals surface area contributed by atoms with E-state index < -0.39 is 0 Å². The van der Waals surface area contributed by atoms with Crippen LogP contribution in [0, 0.1) is 0 Å².